The average molecular weight is 961 g/mol. The molecule has 3 fully saturated rings. The molecule has 1 saturated carbocycles. The quantitative estimate of drug-likeness (QED) is 0.0492. The molecule has 1 aromatic carbocycles. The Balaban J connectivity index is 1.01. The van der Waals surface area contributed by atoms with Gasteiger partial charge in [0.05, 0.1) is 39.7 Å². The Bertz CT molecular complexity index is 2470. The topological polar surface area (TPSA) is 247 Å². The number of thiophene rings is 1. The van der Waals surface area contributed by atoms with Crippen molar-refractivity contribution in [3.63, 3.8) is 0 Å². The highest BCUT2D eigenvalue weighted by atomic mass is 35.5. The zero-order chi connectivity index (χ0) is 46.6. The molecule has 7 rings (SSSR count). The number of nitrogens with zero attached hydrogens (tertiary/aromatic N) is 6. The molecule has 5 N–H and O–H groups in total. The van der Waals surface area contributed by atoms with Gasteiger partial charge in [0, 0.05) is 74.1 Å². The van der Waals surface area contributed by atoms with Crippen LogP contribution in [0, 0.1) is 11.0 Å². The number of thioether (sulfide) groups is 1. The van der Waals surface area contributed by atoms with Crippen molar-refractivity contribution < 1.29 is 47.6 Å². The first-order valence-electron chi connectivity index (χ1n) is 21.4. The number of ether oxygens (including phenoxy) is 2. The highest BCUT2D eigenvalue weighted by Gasteiger charge is 2.66. The lowest BCUT2D eigenvalue weighted by molar-refractivity contribution is -0.708. The molecule has 0 bridgehead atoms. The van der Waals surface area contributed by atoms with E-state index < -0.39 is 52.7 Å². The highest BCUT2D eigenvalue weighted by Crippen LogP contribution is 2.50. The Labute approximate surface area is 386 Å². The molecule has 23 heteroatoms. The van der Waals surface area contributed by atoms with Gasteiger partial charge >= 0.3 is 12.1 Å². The van der Waals surface area contributed by atoms with E-state index in [4.69, 9.17) is 37.4 Å². The minimum Gasteiger partial charge on any atom is -0.569 e. The maximum Gasteiger partial charge on any atom is 0.404 e. The lowest BCUT2D eigenvalue weighted by Gasteiger charge is -2.56. The Kier molecular flexibility index (Phi) is 15.0. The summed E-state index contributed by atoms with van der Waals surface area (Å²) in [5, 5.41) is 21.7. The summed E-state index contributed by atoms with van der Waals surface area (Å²) in [6, 6.07) is 4.59. The van der Waals surface area contributed by atoms with Crippen LogP contribution >= 0.6 is 34.7 Å². The number of nitrogens with two attached hydrogens (primary N) is 2. The van der Waals surface area contributed by atoms with Crippen LogP contribution in [0.4, 0.5) is 14.9 Å². The van der Waals surface area contributed by atoms with Gasteiger partial charge < -0.3 is 40.9 Å². The summed E-state index contributed by atoms with van der Waals surface area (Å²) in [4.78, 5) is 88.3. The van der Waals surface area contributed by atoms with Crippen LogP contribution in [0.2, 0.25) is 5.02 Å². The van der Waals surface area contributed by atoms with E-state index in [-0.39, 0.29) is 100 Å². The third kappa shape index (κ3) is 10.1. The number of hydrazine groups is 1. The number of fused-ring (bicyclic) bond motifs is 2. The smallest absolute Gasteiger partial charge is 0.404 e. The first kappa shape index (κ1) is 47.7. The Morgan fingerprint density at radius 1 is 1.18 bits per heavy atom. The Hall–Kier alpha value is -5.29. The summed E-state index contributed by atoms with van der Waals surface area (Å²) in [5.74, 6) is -3.47. The lowest BCUT2D eigenvalue weighted by atomic mass is 9.84. The van der Waals surface area contributed by atoms with E-state index in [1.165, 1.54) is 41.4 Å². The van der Waals surface area contributed by atoms with E-state index >= 15 is 4.39 Å². The largest absolute Gasteiger partial charge is 0.569 e. The number of hydrogen-bond acceptors (Lipinski definition) is 15. The molecule has 4 aliphatic rings. The van der Waals surface area contributed by atoms with E-state index in [2.05, 4.69) is 10.6 Å². The zero-order valence-corrected chi connectivity index (χ0v) is 38.3. The monoisotopic (exact) mass is 959 g/mol. The molecule has 19 nitrogen and oxygen atoms in total. The highest BCUT2D eigenvalue weighted by molar-refractivity contribution is 8.00. The number of carbonyl (C=O) groups excluding carboxylic acids is 5. The molecule has 3 aliphatic heterocycles. The molecule has 2 aromatic heterocycles. The van der Waals surface area contributed by atoms with Crippen LogP contribution in [0.5, 0.6) is 0 Å². The fraction of sp³-hybridized carbons (Fsp3) is 0.524. The van der Waals surface area contributed by atoms with Crippen LogP contribution in [0.25, 0.3) is 10.9 Å². The number of benzene rings is 1. The molecule has 3 amide bonds. The van der Waals surface area contributed by atoms with Crippen LogP contribution in [-0.4, -0.2) is 118 Å². The summed E-state index contributed by atoms with van der Waals surface area (Å²) in [5.41, 5.74) is 9.38. The first-order valence-corrected chi connectivity index (χ1v) is 23.7. The van der Waals surface area contributed by atoms with Crippen molar-refractivity contribution in [1.82, 2.24) is 19.8 Å². The van der Waals surface area contributed by atoms with Crippen LogP contribution < -0.4 is 27.1 Å². The molecule has 0 spiro atoms. The Morgan fingerprint density at radius 2 is 1.97 bits per heavy atom. The van der Waals surface area contributed by atoms with E-state index in [9.17, 15) is 34.0 Å². The number of amides is 3. The minimum atomic E-state index is -1.59. The number of β-lactam (4-membered cyclic amide) rings is 1. The van der Waals surface area contributed by atoms with Gasteiger partial charge in [-0.05, 0) is 56.0 Å². The van der Waals surface area contributed by atoms with Gasteiger partial charge in [-0.25, -0.2) is 14.0 Å². The molecule has 3 aromatic rings. The number of ketones is 1. The number of methoxy groups -OCH3 is 1. The molecule has 2 saturated heterocycles. The van der Waals surface area contributed by atoms with Crippen molar-refractivity contribution in [1.29, 1.82) is 0 Å². The molecule has 0 radical (unpaired) electrons. The second-order valence-electron chi connectivity index (χ2n) is 16.4. The number of nitrogens with one attached hydrogen (secondary N) is 1. The van der Waals surface area contributed by atoms with Crippen molar-refractivity contribution in [2.45, 2.75) is 87.8 Å². The molecular formula is C42H51ClFN9O10S2. The number of aromatic nitrogens is 1. The number of Topliss-reactive ketones (excluding diaryl/α,β-unsaturated/α-hetero) is 1. The molecule has 1 aliphatic carbocycles. The SMILES string of the molecule is CCCN(CCCNC(=O)c1cn(C2CC2)c2c(Cl)c(N3CCCC[C@@H](N)C3)c(F)cc2c1=O)/[N+]([O-])=N/OC(=O)C1=C(COC(N)=O)CS[C@H]2N1C(=O)[C@]2(CC(=O)Cc1cccs1)OC. The molecule has 5 heterocycles. The van der Waals surface area contributed by atoms with E-state index in [0.29, 0.717) is 25.0 Å². The van der Waals surface area contributed by atoms with Gasteiger partial charge in [0.1, 0.15) is 34.8 Å². The summed E-state index contributed by atoms with van der Waals surface area (Å²) in [6.45, 7) is 2.51. The van der Waals surface area contributed by atoms with Crippen LogP contribution in [0.15, 0.2) is 51.1 Å². The maximum atomic E-state index is 15.8. The number of hydrogen-bond donors (Lipinski definition) is 3. The van der Waals surface area contributed by atoms with Gasteiger partial charge in [-0.2, -0.15) is 0 Å². The predicted octanol–water partition coefficient (Wildman–Crippen LogP) is 4.53. The van der Waals surface area contributed by atoms with E-state index in [1.807, 2.05) is 22.4 Å². The van der Waals surface area contributed by atoms with Crippen molar-refractivity contribution >= 4 is 81.0 Å². The molecular weight excluding hydrogens is 909 g/mol. The molecule has 65 heavy (non-hydrogen) atoms. The fourth-order valence-corrected chi connectivity index (χ4v) is 11.1. The zero-order valence-electron chi connectivity index (χ0n) is 35.9. The van der Waals surface area contributed by atoms with Crippen molar-refractivity contribution in [2.24, 2.45) is 16.7 Å². The van der Waals surface area contributed by atoms with E-state index in [1.54, 1.807) is 11.5 Å². The standard InChI is InChI=1S/C42H51ClFN9O10S2/c1-3-13-50(15-7-12-47-37(56)30-21-51(26-10-11-26)34-29(36(30)55)18-31(44)35(32(34)43)49-14-5-4-8-25(45)20-49)53(60)48-63-38(57)33-24(22-62-41(46)59)23-65-40-42(61-2,39(58)52(33)40)19-27(54)17-28-9-6-16-64-28/h6,9,16,18,21,25-26,40H,3-5,7-8,10-15,17,19-20,22-23,45H2,1-2H3,(H2,46,59)(H,47,56)/b53-48-/t25-,40-,42+/m1/s1. The van der Waals surface area contributed by atoms with Crippen LogP contribution in [0.3, 0.4) is 0 Å². The molecule has 0 unspecified atom stereocenters. The van der Waals surface area contributed by atoms with Gasteiger partial charge in [-0.3, -0.25) is 28.9 Å². The third-order valence-corrected chi connectivity index (χ3v) is 14.4. The number of pyridine rings is 1. The van der Waals surface area contributed by atoms with Gasteiger partial charge in [-0.1, -0.05) is 31.0 Å². The van der Waals surface area contributed by atoms with Crippen LogP contribution in [0.1, 0.15) is 79.6 Å². The van der Waals surface area contributed by atoms with Gasteiger partial charge in [0.2, 0.25) is 10.7 Å². The van der Waals surface area contributed by atoms with Crippen LogP contribution in [-0.2, 0) is 35.1 Å². The van der Waals surface area contributed by atoms with Gasteiger partial charge in [-0.15, -0.1) is 28.1 Å². The second kappa shape index (κ2) is 20.5. The summed E-state index contributed by atoms with van der Waals surface area (Å²) in [6.07, 6.45) is 4.96. The Morgan fingerprint density at radius 3 is 2.66 bits per heavy atom. The molecule has 350 valence electrons. The normalized spacial score (nSPS) is 21.1. The van der Waals surface area contributed by atoms with E-state index in [0.717, 1.165) is 47.9 Å². The molecule has 3 atom stereocenters. The van der Waals surface area contributed by atoms with Crippen molar-refractivity contribution in [3.8, 4) is 0 Å². The third-order valence-electron chi connectivity index (χ3n) is 11.8. The number of anilines is 1. The second-order valence-corrected chi connectivity index (χ2v) is 18.8. The average Bonchev–Trinajstić information content (AvgIpc) is 4.04. The van der Waals surface area contributed by atoms with Crippen molar-refractivity contribution in [3.05, 3.63) is 77.8 Å². The lowest BCUT2D eigenvalue weighted by Crippen LogP contribution is -2.75. The maximum absolute atomic E-state index is 15.8. The van der Waals surface area contributed by atoms with Gasteiger partial charge in [0.25, 0.3) is 11.8 Å². The fourth-order valence-electron chi connectivity index (χ4n) is 8.47. The predicted molar refractivity (Wildman–Crippen MR) is 239 cm³/mol. The summed E-state index contributed by atoms with van der Waals surface area (Å²) < 4.78 is 28.2. The number of primary amides is 1. The minimum absolute atomic E-state index is 0.00981. The number of rotatable bonds is 19. The first-order chi connectivity index (χ1) is 31.2. The summed E-state index contributed by atoms with van der Waals surface area (Å²) in [7, 11) is 1.30. The van der Waals surface area contributed by atoms with Crippen molar-refractivity contribution in [2.75, 3.05) is 57.1 Å². The number of halogens is 2. The number of carbonyl (C=O) groups is 5. The summed E-state index contributed by atoms with van der Waals surface area (Å²) >= 11 is 9.51. The van der Waals surface area contributed by atoms with Gasteiger partial charge in [0.15, 0.2) is 5.60 Å².